The molecule has 0 aliphatic heterocycles. The number of amidine groups is 2. The Morgan fingerprint density at radius 3 is 1.54 bits per heavy atom. The highest BCUT2D eigenvalue weighted by molar-refractivity contribution is 6.10. The maximum atomic E-state index is 8.53. The third kappa shape index (κ3) is 5.31. The lowest BCUT2D eigenvalue weighted by atomic mass is 9.86. The van der Waals surface area contributed by atoms with Crippen molar-refractivity contribution < 1.29 is 0 Å². The second-order valence-corrected chi connectivity index (χ2v) is 9.45. The summed E-state index contributed by atoms with van der Waals surface area (Å²) in [5.41, 5.74) is 4.65. The van der Waals surface area contributed by atoms with Gasteiger partial charge in [0, 0.05) is 24.7 Å². The number of benzene rings is 2. The summed E-state index contributed by atoms with van der Waals surface area (Å²) >= 11 is 0. The van der Waals surface area contributed by atoms with Crippen LogP contribution in [0.25, 0.3) is 0 Å². The lowest BCUT2D eigenvalue weighted by Crippen LogP contribution is -2.28. The SMILES string of the molecule is CCN(C)C(=NC(=N)c1ccc(C(C)(C)C)cc1)c1ccc(C(C)(C)C)cc1. The molecule has 2 rings (SSSR count). The van der Waals surface area contributed by atoms with E-state index in [-0.39, 0.29) is 16.7 Å². The topological polar surface area (TPSA) is 39.5 Å². The van der Waals surface area contributed by atoms with Crippen molar-refractivity contribution in [2.75, 3.05) is 13.6 Å². The largest absolute Gasteiger partial charge is 0.359 e. The van der Waals surface area contributed by atoms with Gasteiger partial charge in [-0.2, -0.15) is 0 Å². The molecule has 0 unspecified atom stereocenters. The number of rotatable bonds is 3. The first-order valence-corrected chi connectivity index (χ1v) is 10.0. The molecule has 0 saturated heterocycles. The smallest absolute Gasteiger partial charge is 0.154 e. The highest BCUT2D eigenvalue weighted by Gasteiger charge is 2.16. The molecule has 0 aliphatic rings. The van der Waals surface area contributed by atoms with E-state index in [1.165, 1.54) is 11.1 Å². The van der Waals surface area contributed by atoms with Gasteiger partial charge in [-0.25, -0.2) is 4.99 Å². The normalized spacial score (nSPS) is 12.8. The van der Waals surface area contributed by atoms with Crippen LogP contribution in [0.1, 0.15) is 70.7 Å². The van der Waals surface area contributed by atoms with Crippen LogP contribution in [0.2, 0.25) is 0 Å². The molecule has 0 bridgehead atoms. The fourth-order valence-electron chi connectivity index (χ4n) is 2.94. The van der Waals surface area contributed by atoms with Gasteiger partial charge in [-0.3, -0.25) is 5.41 Å². The van der Waals surface area contributed by atoms with E-state index in [2.05, 4.69) is 89.8 Å². The first-order chi connectivity index (χ1) is 12.9. The molecular weight excluding hydrogens is 342 g/mol. The van der Waals surface area contributed by atoms with Gasteiger partial charge in [-0.1, -0.05) is 90.1 Å². The van der Waals surface area contributed by atoms with Crippen LogP contribution in [0.15, 0.2) is 53.5 Å². The standard InChI is InChI=1S/C25H35N3/c1-9-28(8)23(19-12-16-21(17-13-19)25(5,6)7)27-22(26)18-10-14-20(15-11-18)24(2,3)4/h10-17,26H,9H2,1-8H3. The molecule has 0 fully saturated rings. The Kier molecular flexibility index (Phi) is 6.48. The third-order valence-electron chi connectivity index (χ3n) is 5.09. The van der Waals surface area contributed by atoms with E-state index in [0.29, 0.717) is 0 Å². The predicted molar refractivity (Wildman–Crippen MR) is 122 cm³/mol. The van der Waals surface area contributed by atoms with Crippen LogP contribution in [0.4, 0.5) is 0 Å². The number of hydrogen-bond donors (Lipinski definition) is 1. The average Bonchev–Trinajstić information content (AvgIpc) is 2.64. The molecule has 0 saturated carbocycles. The monoisotopic (exact) mass is 377 g/mol. The summed E-state index contributed by atoms with van der Waals surface area (Å²) in [7, 11) is 2.02. The fourth-order valence-corrected chi connectivity index (χ4v) is 2.94. The van der Waals surface area contributed by atoms with Crippen molar-refractivity contribution in [3.63, 3.8) is 0 Å². The number of hydrogen-bond acceptors (Lipinski definition) is 1. The minimum absolute atomic E-state index is 0.104. The van der Waals surface area contributed by atoms with Crippen LogP contribution in [-0.2, 0) is 10.8 Å². The van der Waals surface area contributed by atoms with Gasteiger partial charge in [0.2, 0.25) is 0 Å². The van der Waals surface area contributed by atoms with E-state index in [1.807, 2.05) is 19.2 Å². The second-order valence-electron chi connectivity index (χ2n) is 9.45. The molecule has 3 nitrogen and oxygen atoms in total. The van der Waals surface area contributed by atoms with Gasteiger partial charge in [0.25, 0.3) is 0 Å². The summed E-state index contributed by atoms with van der Waals surface area (Å²) in [5.74, 6) is 1.11. The molecule has 2 aromatic rings. The number of aliphatic imine (C=N–C) groups is 1. The summed E-state index contributed by atoms with van der Waals surface area (Å²) in [6.45, 7) is 16.2. The number of nitrogens with one attached hydrogen (secondary N) is 1. The Bertz CT molecular complexity index is 829. The van der Waals surface area contributed by atoms with Crippen molar-refractivity contribution in [1.29, 1.82) is 5.41 Å². The first-order valence-electron chi connectivity index (χ1n) is 10.0. The van der Waals surface area contributed by atoms with Gasteiger partial charge in [0.1, 0.15) is 5.84 Å². The van der Waals surface area contributed by atoms with Crippen molar-refractivity contribution in [3.8, 4) is 0 Å². The van der Waals surface area contributed by atoms with Crippen LogP contribution in [0.5, 0.6) is 0 Å². The summed E-state index contributed by atoms with van der Waals surface area (Å²) in [4.78, 5) is 6.78. The Labute approximate surface area is 171 Å². The van der Waals surface area contributed by atoms with E-state index in [1.54, 1.807) is 0 Å². The van der Waals surface area contributed by atoms with Crippen molar-refractivity contribution in [3.05, 3.63) is 70.8 Å². The zero-order chi connectivity index (χ0) is 21.1. The number of nitrogens with zero attached hydrogens (tertiary/aromatic N) is 2. The Morgan fingerprint density at radius 1 is 0.786 bits per heavy atom. The Morgan fingerprint density at radius 2 is 1.18 bits per heavy atom. The van der Waals surface area contributed by atoms with Gasteiger partial charge in [-0.15, -0.1) is 0 Å². The third-order valence-corrected chi connectivity index (χ3v) is 5.09. The molecule has 0 spiro atoms. The second kappa shape index (κ2) is 8.30. The summed E-state index contributed by atoms with van der Waals surface area (Å²) in [6.07, 6.45) is 0. The van der Waals surface area contributed by atoms with Crippen LogP contribution in [-0.4, -0.2) is 30.2 Å². The highest BCUT2D eigenvalue weighted by atomic mass is 15.2. The van der Waals surface area contributed by atoms with Crippen molar-refractivity contribution in [2.24, 2.45) is 4.99 Å². The van der Waals surface area contributed by atoms with Crippen molar-refractivity contribution in [2.45, 2.75) is 59.3 Å². The van der Waals surface area contributed by atoms with Gasteiger partial charge < -0.3 is 4.90 Å². The lowest BCUT2D eigenvalue weighted by Gasteiger charge is -2.22. The van der Waals surface area contributed by atoms with Gasteiger partial charge in [-0.05, 0) is 28.9 Å². The molecular formula is C25H35N3. The highest BCUT2D eigenvalue weighted by Crippen LogP contribution is 2.24. The molecule has 0 amide bonds. The van der Waals surface area contributed by atoms with E-state index >= 15 is 0 Å². The molecule has 0 radical (unpaired) electrons. The lowest BCUT2D eigenvalue weighted by molar-refractivity contribution is 0.537. The van der Waals surface area contributed by atoms with E-state index in [9.17, 15) is 0 Å². The van der Waals surface area contributed by atoms with Crippen LogP contribution >= 0.6 is 0 Å². The van der Waals surface area contributed by atoms with E-state index < -0.39 is 0 Å². The first kappa shape index (κ1) is 21.9. The zero-order valence-electron chi connectivity index (χ0n) is 18.7. The van der Waals surface area contributed by atoms with Crippen LogP contribution in [0, 0.1) is 5.41 Å². The molecule has 0 heterocycles. The molecule has 1 N–H and O–H groups in total. The van der Waals surface area contributed by atoms with E-state index in [4.69, 9.17) is 10.4 Å². The Balaban J connectivity index is 2.37. The molecule has 0 aliphatic carbocycles. The van der Waals surface area contributed by atoms with Gasteiger partial charge in [0.05, 0.1) is 0 Å². The minimum atomic E-state index is 0.104. The maximum absolute atomic E-state index is 8.53. The van der Waals surface area contributed by atoms with Crippen LogP contribution < -0.4 is 0 Å². The quantitative estimate of drug-likeness (QED) is 0.517. The van der Waals surface area contributed by atoms with E-state index in [0.717, 1.165) is 23.5 Å². The summed E-state index contributed by atoms with van der Waals surface area (Å²) < 4.78 is 0. The zero-order valence-corrected chi connectivity index (χ0v) is 18.7. The molecule has 3 heteroatoms. The molecule has 2 aromatic carbocycles. The average molecular weight is 378 g/mol. The molecule has 28 heavy (non-hydrogen) atoms. The van der Waals surface area contributed by atoms with Gasteiger partial charge in [0.15, 0.2) is 5.84 Å². The fraction of sp³-hybridized carbons (Fsp3) is 0.440. The predicted octanol–water partition coefficient (Wildman–Crippen LogP) is 6.01. The Hall–Kier alpha value is -2.42. The van der Waals surface area contributed by atoms with Crippen LogP contribution in [0.3, 0.4) is 0 Å². The maximum Gasteiger partial charge on any atom is 0.154 e. The minimum Gasteiger partial charge on any atom is -0.359 e. The molecule has 0 aromatic heterocycles. The summed E-state index contributed by atoms with van der Waals surface area (Å²) in [5, 5.41) is 8.53. The summed E-state index contributed by atoms with van der Waals surface area (Å²) in [6, 6.07) is 16.7. The molecule has 0 atom stereocenters. The van der Waals surface area contributed by atoms with Crippen molar-refractivity contribution in [1.82, 2.24) is 4.90 Å². The van der Waals surface area contributed by atoms with Crippen molar-refractivity contribution >= 4 is 11.7 Å². The molecule has 150 valence electrons. The van der Waals surface area contributed by atoms with Gasteiger partial charge >= 0.3 is 0 Å².